The number of hydrogen-bond acceptors (Lipinski definition) is 5. The van der Waals surface area contributed by atoms with Gasteiger partial charge in [-0.15, -0.1) is 0 Å². The summed E-state index contributed by atoms with van der Waals surface area (Å²) in [6, 6.07) is 0. The number of fused-ring (bicyclic) bond motifs is 3. The minimum atomic E-state index is -2.03. The van der Waals surface area contributed by atoms with Crippen LogP contribution in [0.5, 0.6) is 0 Å². The highest BCUT2D eigenvalue weighted by molar-refractivity contribution is 5.95. The Kier molecular flexibility index (Phi) is 3.36. The summed E-state index contributed by atoms with van der Waals surface area (Å²) in [6.07, 6.45) is 1.34. The standard InChI is InChI=1S/C20H28O5/c1-9-7-19-10(2)5-13-14(18(13,3)4)12(17(19)24)6-11(8-21)16(23)20(19,25)15(9)22/h6-7,10,12-16,21-23,25H,5,8H2,1-4H3/t10-,12+,13-,14?,15?,16-,19?,20-/m1/s1. The molecule has 4 aliphatic carbocycles. The van der Waals surface area contributed by atoms with Crippen LogP contribution in [0, 0.1) is 34.5 Å². The van der Waals surface area contributed by atoms with Gasteiger partial charge in [-0.25, -0.2) is 0 Å². The molecule has 5 heteroatoms. The number of aliphatic hydroxyl groups is 4. The highest BCUT2D eigenvalue weighted by Gasteiger charge is 2.75. The first-order chi connectivity index (χ1) is 11.5. The van der Waals surface area contributed by atoms with Crippen LogP contribution < -0.4 is 0 Å². The van der Waals surface area contributed by atoms with Crippen LogP contribution >= 0.6 is 0 Å². The van der Waals surface area contributed by atoms with E-state index in [0.717, 1.165) is 6.42 Å². The van der Waals surface area contributed by atoms with Crippen LogP contribution in [-0.4, -0.2) is 50.6 Å². The molecule has 2 fully saturated rings. The average Bonchev–Trinajstić information content (AvgIpc) is 3.05. The molecule has 2 saturated carbocycles. The van der Waals surface area contributed by atoms with E-state index in [9.17, 15) is 25.2 Å². The van der Waals surface area contributed by atoms with Crippen molar-refractivity contribution in [3.05, 3.63) is 23.3 Å². The van der Waals surface area contributed by atoms with E-state index in [1.807, 2.05) is 6.92 Å². The summed E-state index contributed by atoms with van der Waals surface area (Å²) < 4.78 is 0. The van der Waals surface area contributed by atoms with E-state index < -0.39 is 35.7 Å². The Labute approximate surface area is 148 Å². The predicted octanol–water partition coefficient (Wildman–Crippen LogP) is 0.815. The van der Waals surface area contributed by atoms with Gasteiger partial charge in [-0.2, -0.15) is 0 Å². The predicted molar refractivity (Wildman–Crippen MR) is 91.4 cm³/mol. The molecule has 1 spiro atoms. The molecule has 4 rings (SSSR count). The zero-order valence-electron chi connectivity index (χ0n) is 15.2. The van der Waals surface area contributed by atoms with Crippen LogP contribution in [-0.2, 0) is 4.79 Å². The Bertz CT molecular complexity index is 707. The molecule has 0 aromatic rings. The van der Waals surface area contributed by atoms with Gasteiger partial charge in [0.1, 0.15) is 17.8 Å². The molecule has 0 heterocycles. The van der Waals surface area contributed by atoms with Crippen LogP contribution in [0.3, 0.4) is 0 Å². The summed E-state index contributed by atoms with van der Waals surface area (Å²) in [5.41, 5.74) is -2.58. The molecule has 25 heavy (non-hydrogen) atoms. The first-order valence-corrected chi connectivity index (χ1v) is 9.18. The minimum Gasteiger partial charge on any atom is -0.392 e. The lowest BCUT2D eigenvalue weighted by atomic mass is 9.59. The summed E-state index contributed by atoms with van der Waals surface area (Å²) >= 11 is 0. The van der Waals surface area contributed by atoms with Gasteiger partial charge in [0.05, 0.1) is 12.0 Å². The van der Waals surface area contributed by atoms with Crippen molar-refractivity contribution in [3.63, 3.8) is 0 Å². The highest BCUT2D eigenvalue weighted by atomic mass is 16.4. The van der Waals surface area contributed by atoms with E-state index >= 15 is 0 Å². The Hall–Kier alpha value is -1.01. The van der Waals surface area contributed by atoms with Crippen molar-refractivity contribution in [2.24, 2.45) is 34.5 Å². The lowest BCUT2D eigenvalue weighted by Gasteiger charge is -2.48. The zero-order valence-corrected chi connectivity index (χ0v) is 15.2. The van der Waals surface area contributed by atoms with Gasteiger partial charge in [0.25, 0.3) is 0 Å². The van der Waals surface area contributed by atoms with Crippen LogP contribution in [0.4, 0.5) is 0 Å². The number of aliphatic hydroxyl groups excluding tert-OH is 3. The van der Waals surface area contributed by atoms with Crippen LogP contribution in [0.15, 0.2) is 23.3 Å². The molecule has 0 aromatic heterocycles. The van der Waals surface area contributed by atoms with Gasteiger partial charge in [0.2, 0.25) is 0 Å². The maximum absolute atomic E-state index is 13.7. The van der Waals surface area contributed by atoms with E-state index in [-0.39, 0.29) is 28.6 Å². The second-order valence-electron chi connectivity index (χ2n) is 9.27. The largest absolute Gasteiger partial charge is 0.392 e. The number of carbonyl (C=O) groups is 1. The molecule has 5 nitrogen and oxygen atoms in total. The number of allylic oxidation sites excluding steroid dienone is 1. The number of hydrogen-bond donors (Lipinski definition) is 4. The quantitative estimate of drug-likeness (QED) is 0.526. The van der Waals surface area contributed by atoms with Gasteiger partial charge in [-0.3, -0.25) is 4.79 Å². The molecule has 138 valence electrons. The fourth-order valence-corrected chi connectivity index (χ4v) is 6.43. The number of carbonyl (C=O) groups excluding carboxylic acids is 1. The van der Waals surface area contributed by atoms with Crippen LogP contribution in [0.2, 0.25) is 0 Å². The van der Waals surface area contributed by atoms with Crippen molar-refractivity contribution in [1.29, 1.82) is 0 Å². The smallest absolute Gasteiger partial charge is 0.153 e. The SMILES string of the molecule is CC1=CC23C(=O)[C@@H](C=C(CO)[C@@H](O)[C@]2(O)C1O)C1[C@@H](C[C@H]3C)C1(C)C. The molecule has 2 bridgehead atoms. The molecule has 0 aliphatic heterocycles. The summed E-state index contributed by atoms with van der Waals surface area (Å²) in [5.74, 6) is -0.288. The van der Waals surface area contributed by atoms with Gasteiger partial charge < -0.3 is 20.4 Å². The molecular weight excluding hydrogens is 320 g/mol. The lowest BCUT2D eigenvalue weighted by Crippen LogP contribution is -2.65. The number of Topliss-reactive ketones (excluding diaryl/α,β-unsaturated/α-hetero) is 1. The van der Waals surface area contributed by atoms with E-state index in [0.29, 0.717) is 11.5 Å². The zero-order chi connectivity index (χ0) is 18.5. The van der Waals surface area contributed by atoms with Gasteiger partial charge in [0, 0.05) is 5.92 Å². The fourth-order valence-electron chi connectivity index (χ4n) is 6.43. The molecule has 4 aliphatic rings. The Morgan fingerprint density at radius 3 is 2.48 bits per heavy atom. The van der Waals surface area contributed by atoms with Crippen molar-refractivity contribution < 1.29 is 25.2 Å². The Balaban J connectivity index is 1.99. The molecular formula is C20H28O5. The van der Waals surface area contributed by atoms with Crippen molar-refractivity contribution >= 4 is 5.78 Å². The molecule has 8 atom stereocenters. The molecule has 0 aromatic carbocycles. The number of ketones is 1. The van der Waals surface area contributed by atoms with E-state index in [4.69, 9.17) is 0 Å². The van der Waals surface area contributed by atoms with Gasteiger partial charge in [-0.05, 0) is 47.7 Å². The topological polar surface area (TPSA) is 98.0 Å². The monoisotopic (exact) mass is 348 g/mol. The summed E-state index contributed by atoms with van der Waals surface area (Å²) in [4.78, 5) is 13.7. The van der Waals surface area contributed by atoms with Crippen molar-refractivity contribution in [1.82, 2.24) is 0 Å². The van der Waals surface area contributed by atoms with Gasteiger partial charge in [0.15, 0.2) is 5.78 Å². The second-order valence-corrected chi connectivity index (χ2v) is 9.27. The average molecular weight is 348 g/mol. The van der Waals surface area contributed by atoms with E-state index in [2.05, 4.69) is 13.8 Å². The molecule has 0 saturated heterocycles. The van der Waals surface area contributed by atoms with E-state index in [1.165, 1.54) is 0 Å². The first kappa shape index (κ1) is 17.4. The third-order valence-corrected chi connectivity index (χ3v) is 7.93. The Morgan fingerprint density at radius 2 is 1.88 bits per heavy atom. The van der Waals surface area contributed by atoms with Gasteiger partial charge in [-0.1, -0.05) is 32.9 Å². The molecule has 3 unspecified atom stereocenters. The summed E-state index contributed by atoms with van der Waals surface area (Å²) in [5, 5.41) is 43.0. The third-order valence-electron chi connectivity index (χ3n) is 7.93. The number of rotatable bonds is 1. The summed E-state index contributed by atoms with van der Waals surface area (Å²) in [7, 11) is 0. The maximum Gasteiger partial charge on any atom is 0.153 e. The van der Waals surface area contributed by atoms with Crippen molar-refractivity contribution in [2.75, 3.05) is 6.61 Å². The molecule has 0 radical (unpaired) electrons. The maximum atomic E-state index is 13.7. The fraction of sp³-hybridized carbons (Fsp3) is 0.750. The Morgan fingerprint density at radius 1 is 1.24 bits per heavy atom. The third kappa shape index (κ3) is 1.71. The van der Waals surface area contributed by atoms with Crippen molar-refractivity contribution in [3.8, 4) is 0 Å². The lowest BCUT2D eigenvalue weighted by molar-refractivity contribution is -0.190. The van der Waals surface area contributed by atoms with Gasteiger partial charge >= 0.3 is 0 Å². The van der Waals surface area contributed by atoms with E-state index in [1.54, 1.807) is 19.1 Å². The minimum absolute atomic E-state index is 0.0245. The molecule has 4 N–H and O–H groups in total. The van der Waals surface area contributed by atoms with Crippen LogP contribution in [0.1, 0.15) is 34.1 Å². The second kappa shape index (κ2) is 4.83. The molecule has 0 amide bonds. The first-order valence-electron chi connectivity index (χ1n) is 9.18. The van der Waals surface area contributed by atoms with Crippen LogP contribution in [0.25, 0.3) is 0 Å². The van der Waals surface area contributed by atoms with Crippen molar-refractivity contribution in [2.45, 2.75) is 51.9 Å². The highest BCUT2D eigenvalue weighted by Crippen LogP contribution is 2.71. The normalized spacial score (nSPS) is 53.2. The summed E-state index contributed by atoms with van der Waals surface area (Å²) in [6.45, 7) is 7.50.